The van der Waals surface area contributed by atoms with Gasteiger partial charge in [0.1, 0.15) is 16.4 Å². The quantitative estimate of drug-likeness (QED) is 0.102. The number of phenolic OH excluding ortho intramolecular Hbond substituents is 1. The molecule has 0 atom stereocenters. The Balaban J connectivity index is 1.69. The molecule has 0 saturated heterocycles. The Kier molecular flexibility index (Phi) is 12.2. The van der Waals surface area contributed by atoms with Crippen LogP contribution in [0.25, 0.3) is 10.8 Å². The molecule has 0 radical (unpaired) electrons. The topological polar surface area (TPSA) is 85.7 Å². The molecule has 212 valence electrons. The number of ether oxygens (including phenoxy) is 2. The lowest BCUT2D eigenvalue weighted by atomic mass is 10.00. The van der Waals surface area contributed by atoms with Crippen molar-refractivity contribution in [1.82, 2.24) is 4.98 Å². The number of aromatic nitrogens is 1. The maximum atomic E-state index is 13.5. The van der Waals surface area contributed by atoms with Crippen molar-refractivity contribution < 1.29 is 24.2 Å². The number of carbonyl (C=O) groups is 2. The molecule has 7 heteroatoms. The zero-order chi connectivity index (χ0) is 28.2. The lowest BCUT2D eigenvalue weighted by Crippen LogP contribution is -2.06. The highest BCUT2D eigenvalue weighted by molar-refractivity contribution is 7.15. The number of aromatic hydroxyl groups is 1. The molecule has 3 aromatic rings. The van der Waals surface area contributed by atoms with Crippen LogP contribution in [-0.2, 0) is 11.2 Å². The van der Waals surface area contributed by atoms with Crippen LogP contribution in [0, 0.1) is 6.92 Å². The molecule has 0 amide bonds. The zero-order valence-electron chi connectivity index (χ0n) is 23.9. The maximum Gasteiger partial charge on any atom is 0.350 e. The van der Waals surface area contributed by atoms with Gasteiger partial charge in [-0.2, -0.15) is 0 Å². The van der Waals surface area contributed by atoms with Crippen LogP contribution in [0.2, 0.25) is 0 Å². The summed E-state index contributed by atoms with van der Waals surface area (Å²) in [7, 11) is 1.54. The molecule has 0 bridgehead atoms. The van der Waals surface area contributed by atoms with Crippen molar-refractivity contribution in [2.45, 2.75) is 97.8 Å². The number of carbonyl (C=O) groups excluding carboxylic acids is 2. The molecule has 39 heavy (non-hydrogen) atoms. The molecule has 0 aliphatic heterocycles. The van der Waals surface area contributed by atoms with E-state index in [-0.39, 0.29) is 22.9 Å². The van der Waals surface area contributed by atoms with E-state index in [0.717, 1.165) is 41.5 Å². The number of ketones is 1. The summed E-state index contributed by atoms with van der Waals surface area (Å²) in [6.45, 7) is 6.21. The summed E-state index contributed by atoms with van der Waals surface area (Å²) >= 11 is 1.04. The van der Waals surface area contributed by atoms with E-state index in [2.05, 4.69) is 11.9 Å². The van der Waals surface area contributed by atoms with Crippen LogP contribution in [0.1, 0.15) is 121 Å². The van der Waals surface area contributed by atoms with Gasteiger partial charge in [0.15, 0.2) is 5.01 Å². The Labute approximate surface area is 236 Å². The second-order valence-corrected chi connectivity index (χ2v) is 11.2. The van der Waals surface area contributed by atoms with E-state index >= 15 is 0 Å². The number of nitrogens with zero attached hydrogens (tertiary/aromatic N) is 1. The predicted molar refractivity (Wildman–Crippen MR) is 159 cm³/mol. The molecule has 1 N–H and O–H groups in total. The van der Waals surface area contributed by atoms with Gasteiger partial charge in [-0.3, -0.25) is 4.79 Å². The fourth-order valence-corrected chi connectivity index (χ4v) is 5.84. The smallest absolute Gasteiger partial charge is 0.350 e. The first-order chi connectivity index (χ1) is 18.9. The number of hydrogen-bond donors (Lipinski definition) is 1. The third-order valence-electron chi connectivity index (χ3n) is 7.06. The van der Waals surface area contributed by atoms with Gasteiger partial charge in [0.05, 0.1) is 25.0 Å². The lowest BCUT2D eigenvalue weighted by Gasteiger charge is -2.11. The minimum absolute atomic E-state index is 0.105. The highest BCUT2D eigenvalue weighted by Crippen LogP contribution is 2.38. The van der Waals surface area contributed by atoms with Gasteiger partial charge in [0.2, 0.25) is 5.78 Å². The number of fused-ring (bicyclic) bond motifs is 1. The Morgan fingerprint density at radius 3 is 2.15 bits per heavy atom. The predicted octanol–water partition coefficient (Wildman–Crippen LogP) is 8.58. The van der Waals surface area contributed by atoms with Crippen molar-refractivity contribution in [3.05, 3.63) is 51.0 Å². The van der Waals surface area contributed by atoms with Crippen molar-refractivity contribution >= 4 is 33.9 Å². The van der Waals surface area contributed by atoms with Crippen LogP contribution >= 0.6 is 11.3 Å². The van der Waals surface area contributed by atoms with Gasteiger partial charge in [-0.25, -0.2) is 9.78 Å². The van der Waals surface area contributed by atoms with Crippen LogP contribution in [0.3, 0.4) is 0 Å². The number of hydrogen-bond acceptors (Lipinski definition) is 7. The van der Waals surface area contributed by atoms with Crippen LogP contribution < -0.4 is 4.74 Å². The van der Waals surface area contributed by atoms with E-state index in [0.29, 0.717) is 28.1 Å². The zero-order valence-corrected chi connectivity index (χ0v) is 24.8. The molecule has 0 fully saturated rings. The monoisotopic (exact) mass is 553 g/mol. The molecular weight excluding hydrogens is 510 g/mol. The molecule has 1 aromatic heterocycles. The highest BCUT2D eigenvalue weighted by Gasteiger charge is 2.26. The second-order valence-electron chi connectivity index (χ2n) is 10.2. The number of methoxy groups -OCH3 is 1. The number of phenols is 1. The molecule has 2 aromatic carbocycles. The molecule has 6 nitrogen and oxygen atoms in total. The summed E-state index contributed by atoms with van der Waals surface area (Å²) in [5.41, 5.74) is 1.72. The summed E-state index contributed by atoms with van der Waals surface area (Å²) in [6, 6.07) is 7.12. The van der Waals surface area contributed by atoms with Crippen molar-refractivity contribution in [2.24, 2.45) is 0 Å². The van der Waals surface area contributed by atoms with Crippen LogP contribution in [0.4, 0.5) is 0 Å². The summed E-state index contributed by atoms with van der Waals surface area (Å²) in [4.78, 5) is 31.2. The largest absolute Gasteiger partial charge is 0.507 e. The average Bonchev–Trinajstić information content (AvgIpc) is 3.36. The molecule has 0 saturated carbocycles. The van der Waals surface area contributed by atoms with Crippen molar-refractivity contribution in [1.29, 1.82) is 0 Å². The molecule has 1 heterocycles. The van der Waals surface area contributed by atoms with Gasteiger partial charge < -0.3 is 14.6 Å². The lowest BCUT2D eigenvalue weighted by molar-refractivity contribution is 0.0530. The van der Waals surface area contributed by atoms with Gasteiger partial charge in [-0.05, 0) is 38.8 Å². The Bertz CT molecular complexity index is 1250. The summed E-state index contributed by atoms with van der Waals surface area (Å²) in [5.74, 6) is -0.509. The minimum Gasteiger partial charge on any atom is -0.507 e. The first kappa shape index (κ1) is 30.6. The molecule has 0 aliphatic carbocycles. The van der Waals surface area contributed by atoms with Gasteiger partial charge in [0.25, 0.3) is 0 Å². The Hall–Kier alpha value is -2.93. The van der Waals surface area contributed by atoms with E-state index in [1.807, 2.05) is 19.1 Å². The van der Waals surface area contributed by atoms with Gasteiger partial charge in [-0.1, -0.05) is 88.8 Å². The Morgan fingerprint density at radius 2 is 1.54 bits per heavy atom. The SMILES string of the molecule is CCCCCCCCCCCCCc1nc(C(=O)c2cc(OC)c3cc(C)ccc3c2O)sc1C(=O)OCC. The highest BCUT2D eigenvalue weighted by atomic mass is 32.1. The number of rotatable bonds is 17. The summed E-state index contributed by atoms with van der Waals surface area (Å²) < 4.78 is 10.8. The van der Waals surface area contributed by atoms with Gasteiger partial charge >= 0.3 is 5.97 Å². The maximum absolute atomic E-state index is 13.5. The number of unbranched alkanes of at least 4 members (excludes halogenated alkanes) is 10. The summed E-state index contributed by atoms with van der Waals surface area (Å²) in [5, 5.41) is 12.4. The standard InChI is InChI=1S/C32H43NO5S/c1-5-7-8-9-10-11-12-13-14-15-16-17-26-30(32(36)38-6-2)39-31(33-26)29(35)25-21-27(37-4)24-20-22(3)18-19-23(24)28(25)34/h18-21,34H,5-17H2,1-4H3. The van der Waals surface area contributed by atoms with Crippen molar-refractivity contribution in [2.75, 3.05) is 13.7 Å². The van der Waals surface area contributed by atoms with E-state index in [4.69, 9.17) is 9.47 Å². The average molecular weight is 554 g/mol. The first-order valence-electron chi connectivity index (χ1n) is 14.4. The van der Waals surface area contributed by atoms with Crippen molar-refractivity contribution in [3.63, 3.8) is 0 Å². The fourth-order valence-electron chi connectivity index (χ4n) is 4.88. The van der Waals surface area contributed by atoms with Crippen LogP contribution in [-0.4, -0.2) is 35.6 Å². The van der Waals surface area contributed by atoms with E-state index in [1.165, 1.54) is 58.5 Å². The number of thiazole rings is 1. The molecule has 0 unspecified atom stereocenters. The normalized spacial score (nSPS) is 11.2. The number of esters is 1. The van der Waals surface area contributed by atoms with Crippen LogP contribution in [0.5, 0.6) is 11.5 Å². The van der Waals surface area contributed by atoms with E-state index in [1.54, 1.807) is 19.1 Å². The fraction of sp³-hybridized carbons (Fsp3) is 0.531. The summed E-state index contributed by atoms with van der Waals surface area (Å²) in [6.07, 6.45) is 14.2. The minimum atomic E-state index is -0.456. The van der Waals surface area contributed by atoms with Crippen molar-refractivity contribution in [3.8, 4) is 11.5 Å². The number of benzene rings is 2. The molecule has 0 spiro atoms. The van der Waals surface area contributed by atoms with Crippen LogP contribution in [0.15, 0.2) is 24.3 Å². The third-order valence-corrected chi connectivity index (χ3v) is 8.14. The van der Waals surface area contributed by atoms with E-state index in [9.17, 15) is 14.7 Å². The molecular formula is C32H43NO5S. The van der Waals surface area contributed by atoms with E-state index < -0.39 is 11.8 Å². The molecule has 0 aliphatic rings. The van der Waals surface area contributed by atoms with Gasteiger partial charge in [-0.15, -0.1) is 11.3 Å². The Morgan fingerprint density at radius 1 is 0.897 bits per heavy atom. The third kappa shape index (κ3) is 8.28. The number of aryl methyl sites for hydroxylation is 2. The molecule has 3 rings (SSSR count). The second kappa shape index (κ2) is 15.6. The first-order valence-corrected chi connectivity index (χ1v) is 15.2. The van der Waals surface area contributed by atoms with Gasteiger partial charge in [0, 0.05) is 10.8 Å².